The zero-order valence-electron chi connectivity index (χ0n) is 12.1. The maximum atomic E-state index is 5.50. The highest BCUT2D eigenvalue weighted by atomic mass is 16.5. The van der Waals surface area contributed by atoms with Gasteiger partial charge in [-0.2, -0.15) is 0 Å². The fraction of sp³-hybridized carbons (Fsp3) is 0.0500. The monoisotopic (exact) mass is 283 g/mol. The van der Waals surface area contributed by atoms with E-state index in [-0.39, 0.29) is 0 Å². The second-order valence-corrected chi connectivity index (χ2v) is 5.61. The fourth-order valence-corrected chi connectivity index (χ4v) is 3.65. The molecule has 0 aliphatic heterocycles. The molecule has 0 bridgehead atoms. The summed E-state index contributed by atoms with van der Waals surface area (Å²) >= 11 is 0. The van der Waals surface area contributed by atoms with Crippen LogP contribution in [0.5, 0.6) is 5.75 Å². The number of aromatic nitrogens is 1. The molecule has 0 N–H and O–H groups in total. The third-order valence-corrected chi connectivity index (χ3v) is 4.56. The molecule has 1 heterocycles. The minimum absolute atomic E-state index is 0.826. The lowest BCUT2D eigenvalue weighted by molar-refractivity contribution is 0.419. The lowest BCUT2D eigenvalue weighted by Gasteiger charge is -2.14. The van der Waals surface area contributed by atoms with Gasteiger partial charge in [0.1, 0.15) is 11.3 Å². The zero-order valence-corrected chi connectivity index (χ0v) is 12.1. The van der Waals surface area contributed by atoms with Crippen LogP contribution in [0.25, 0.3) is 43.2 Å². The van der Waals surface area contributed by atoms with Gasteiger partial charge in [0, 0.05) is 11.6 Å². The van der Waals surface area contributed by atoms with E-state index in [1.807, 2.05) is 12.3 Å². The first-order chi connectivity index (χ1) is 10.9. The summed E-state index contributed by atoms with van der Waals surface area (Å²) in [5.74, 6) is 0.826. The van der Waals surface area contributed by atoms with E-state index in [2.05, 4.69) is 53.5 Å². The minimum Gasteiger partial charge on any atom is -0.494 e. The number of benzene rings is 4. The summed E-state index contributed by atoms with van der Waals surface area (Å²) in [5.41, 5.74) is 0.934. The molecule has 0 saturated heterocycles. The van der Waals surface area contributed by atoms with E-state index in [0.29, 0.717) is 0 Å². The first-order valence-corrected chi connectivity index (χ1v) is 7.36. The van der Waals surface area contributed by atoms with E-state index in [4.69, 9.17) is 4.74 Å². The molecule has 0 spiro atoms. The van der Waals surface area contributed by atoms with Crippen LogP contribution >= 0.6 is 0 Å². The van der Waals surface area contributed by atoms with Crippen LogP contribution in [0.3, 0.4) is 0 Å². The normalized spacial score (nSPS) is 11.9. The molecule has 5 rings (SSSR count). The highest BCUT2D eigenvalue weighted by Crippen LogP contribution is 2.41. The van der Waals surface area contributed by atoms with Gasteiger partial charge in [0.05, 0.1) is 7.11 Å². The van der Waals surface area contributed by atoms with E-state index in [9.17, 15) is 0 Å². The third-order valence-electron chi connectivity index (χ3n) is 4.56. The Morgan fingerprint density at radius 1 is 0.727 bits per heavy atom. The van der Waals surface area contributed by atoms with Crippen molar-refractivity contribution in [3.63, 3.8) is 0 Å². The average molecular weight is 283 g/mol. The number of rotatable bonds is 1. The smallest absolute Gasteiger partial charge is 0.145 e. The van der Waals surface area contributed by atoms with Crippen molar-refractivity contribution in [3.8, 4) is 5.75 Å². The topological polar surface area (TPSA) is 22.1 Å². The van der Waals surface area contributed by atoms with E-state index >= 15 is 0 Å². The highest BCUT2D eigenvalue weighted by molar-refractivity contribution is 6.32. The lowest BCUT2D eigenvalue weighted by atomic mass is 9.91. The number of ether oxygens (including phenoxy) is 1. The summed E-state index contributed by atoms with van der Waals surface area (Å²) in [6.45, 7) is 0. The van der Waals surface area contributed by atoms with Crippen molar-refractivity contribution in [3.05, 3.63) is 60.8 Å². The van der Waals surface area contributed by atoms with Crippen molar-refractivity contribution in [2.45, 2.75) is 0 Å². The van der Waals surface area contributed by atoms with Crippen LogP contribution in [0.1, 0.15) is 0 Å². The molecule has 0 saturated carbocycles. The Morgan fingerprint density at radius 2 is 1.41 bits per heavy atom. The number of pyridine rings is 1. The average Bonchev–Trinajstić information content (AvgIpc) is 2.59. The Bertz CT molecular complexity index is 1110. The van der Waals surface area contributed by atoms with Crippen LogP contribution < -0.4 is 4.74 Å². The molecule has 0 unspecified atom stereocenters. The Labute approximate surface area is 127 Å². The minimum atomic E-state index is 0.826. The van der Waals surface area contributed by atoms with Crippen LogP contribution in [0.4, 0.5) is 0 Å². The molecular formula is C20H13NO. The van der Waals surface area contributed by atoms with Crippen molar-refractivity contribution in [1.82, 2.24) is 4.98 Å². The predicted molar refractivity (Wildman–Crippen MR) is 92.0 cm³/mol. The number of fused-ring (bicyclic) bond motifs is 2. The van der Waals surface area contributed by atoms with Gasteiger partial charge in [0.25, 0.3) is 0 Å². The second-order valence-electron chi connectivity index (χ2n) is 5.61. The summed E-state index contributed by atoms with van der Waals surface area (Å²) in [4.78, 5) is 4.57. The van der Waals surface area contributed by atoms with E-state index in [1.54, 1.807) is 7.11 Å². The maximum absolute atomic E-state index is 5.50. The summed E-state index contributed by atoms with van der Waals surface area (Å²) < 4.78 is 5.50. The molecule has 1 aromatic heterocycles. The van der Waals surface area contributed by atoms with E-state index < -0.39 is 0 Å². The van der Waals surface area contributed by atoms with Gasteiger partial charge in [0.2, 0.25) is 0 Å². The van der Waals surface area contributed by atoms with Crippen molar-refractivity contribution < 1.29 is 4.74 Å². The zero-order chi connectivity index (χ0) is 14.7. The molecule has 5 aromatic rings. The molecule has 22 heavy (non-hydrogen) atoms. The standard InChI is InChI=1S/C20H13NO/c1-22-17-9-8-15-13-6-2-4-12-5-3-7-14(18(12)13)16-10-11-21-20(17)19(15)16/h2-11H,1H3. The van der Waals surface area contributed by atoms with Crippen molar-refractivity contribution in [1.29, 1.82) is 0 Å². The molecule has 0 aliphatic carbocycles. The van der Waals surface area contributed by atoms with Gasteiger partial charge >= 0.3 is 0 Å². The summed E-state index contributed by atoms with van der Waals surface area (Å²) in [7, 11) is 1.70. The van der Waals surface area contributed by atoms with Crippen LogP contribution in [0.2, 0.25) is 0 Å². The van der Waals surface area contributed by atoms with Crippen molar-refractivity contribution >= 4 is 43.2 Å². The molecule has 0 atom stereocenters. The Balaban J connectivity index is 2.23. The molecule has 104 valence electrons. The molecule has 0 fully saturated rings. The van der Waals surface area contributed by atoms with Crippen LogP contribution in [-0.2, 0) is 0 Å². The van der Waals surface area contributed by atoms with Gasteiger partial charge in [-0.05, 0) is 50.5 Å². The van der Waals surface area contributed by atoms with Gasteiger partial charge in [-0.1, -0.05) is 36.4 Å². The molecule has 0 amide bonds. The SMILES string of the molecule is COc1ccc2c3cccc4cccc(c5ccnc1c52)c43. The number of hydrogen-bond donors (Lipinski definition) is 0. The van der Waals surface area contributed by atoms with Gasteiger partial charge in [-0.25, -0.2) is 0 Å². The van der Waals surface area contributed by atoms with Crippen LogP contribution in [0, 0.1) is 0 Å². The van der Waals surface area contributed by atoms with Crippen molar-refractivity contribution in [2.24, 2.45) is 0 Å². The first kappa shape index (κ1) is 11.8. The number of nitrogens with zero attached hydrogens (tertiary/aromatic N) is 1. The Hall–Kier alpha value is -2.87. The van der Waals surface area contributed by atoms with Crippen molar-refractivity contribution in [2.75, 3.05) is 7.11 Å². The van der Waals surface area contributed by atoms with Gasteiger partial charge < -0.3 is 4.74 Å². The Kier molecular flexibility index (Phi) is 2.18. The van der Waals surface area contributed by atoms with E-state index in [1.165, 1.54) is 37.7 Å². The second kappa shape index (κ2) is 4.08. The summed E-state index contributed by atoms with van der Waals surface area (Å²) in [6.07, 6.45) is 1.87. The number of methoxy groups -OCH3 is 1. The van der Waals surface area contributed by atoms with Gasteiger partial charge in [-0.3, -0.25) is 4.98 Å². The molecule has 0 radical (unpaired) electrons. The van der Waals surface area contributed by atoms with Gasteiger partial charge in [-0.15, -0.1) is 0 Å². The Morgan fingerprint density at radius 3 is 2.14 bits per heavy atom. The predicted octanol–water partition coefficient (Wildman–Crippen LogP) is 5.14. The quantitative estimate of drug-likeness (QED) is 0.314. The molecular weight excluding hydrogens is 270 g/mol. The van der Waals surface area contributed by atoms with Crippen LogP contribution in [-0.4, -0.2) is 12.1 Å². The molecule has 0 aliphatic rings. The largest absolute Gasteiger partial charge is 0.494 e. The fourth-order valence-electron chi connectivity index (χ4n) is 3.65. The first-order valence-electron chi connectivity index (χ1n) is 7.36. The molecule has 2 heteroatoms. The molecule has 4 aromatic carbocycles. The lowest BCUT2D eigenvalue weighted by Crippen LogP contribution is -1.91. The maximum Gasteiger partial charge on any atom is 0.145 e. The third kappa shape index (κ3) is 1.32. The molecule has 2 nitrogen and oxygen atoms in total. The summed E-state index contributed by atoms with van der Waals surface area (Å²) in [5, 5.41) is 8.83. The summed E-state index contributed by atoms with van der Waals surface area (Å²) in [6, 6.07) is 19.3. The van der Waals surface area contributed by atoms with Crippen LogP contribution in [0.15, 0.2) is 60.8 Å². The van der Waals surface area contributed by atoms with E-state index in [0.717, 1.165) is 11.3 Å². The highest BCUT2D eigenvalue weighted by Gasteiger charge is 2.14. The van der Waals surface area contributed by atoms with Gasteiger partial charge in [0.15, 0.2) is 0 Å². The number of hydrogen-bond acceptors (Lipinski definition) is 2.